The Labute approximate surface area is 100 Å². The highest BCUT2D eigenvalue weighted by Gasteiger charge is 2.10. The summed E-state index contributed by atoms with van der Waals surface area (Å²) in [5.41, 5.74) is 0.773. The Morgan fingerprint density at radius 3 is 3.00 bits per heavy atom. The second-order valence-corrected chi connectivity index (χ2v) is 4.97. The van der Waals surface area contributed by atoms with Crippen molar-refractivity contribution >= 4 is 33.2 Å². The fourth-order valence-electron chi connectivity index (χ4n) is 1.51. The summed E-state index contributed by atoms with van der Waals surface area (Å²) < 4.78 is 0. The lowest BCUT2D eigenvalue weighted by Crippen LogP contribution is -1.89. The van der Waals surface area contributed by atoms with Gasteiger partial charge in [0.05, 0.1) is 12.5 Å². The van der Waals surface area contributed by atoms with Gasteiger partial charge in [0.25, 0.3) is 0 Å². The van der Waals surface area contributed by atoms with Gasteiger partial charge in [0.1, 0.15) is 15.7 Å². The first-order chi connectivity index (χ1) is 7.74. The van der Waals surface area contributed by atoms with E-state index >= 15 is 0 Å². The van der Waals surface area contributed by atoms with Crippen LogP contribution in [0.2, 0.25) is 5.15 Å². The van der Waals surface area contributed by atoms with Gasteiger partial charge in [-0.05, 0) is 13.0 Å². The Balaban J connectivity index is 2.28. The molecule has 0 unspecified atom stereocenters. The van der Waals surface area contributed by atoms with Crippen LogP contribution in [0, 0.1) is 6.92 Å². The number of rotatable bonds is 1. The zero-order chi connectivity index (χ0) is 11.1. The van der Waals surface area contributed by atoms with Crippen LogP contribution in [-0.4, -0.2) is 19.9 Å². The second kappa shape index (κ2) is 3.54. The Bertz CT molecular complexity index is 644. The molecule has 0 aliphatic rings. The predicted molar refractivity (Wildman–Crippen MR) is 64.7 cm³/mol. The monoisotopic (exact) mass is 250 g/mol. The number of thiophene rings is 1. The van der Waals surface area contributed by atoms with Crippen LogP contribution in [0.25, 0.3) is 21.7 Å². The summed E-state index contributed by atoms with van der Waals surface area (Å²) in [5, 5.41) is 1.39. The number of hydrogen-bond acceptors (Lipinski definition) is 4. The third kappa shape index (κ3) is 1.48. The molecule has 3 rings (SSSR count). The maximum Gasteiger partial charge on any atom is 0.180 e. The average Bonchev–Trinajstić information content (AvgIpc) is 2.84. The molecule has 0 aromatic carbocycles. The van der Waals surface area contributed by atoms with Gasteiger partial charge in [-0.3, -0.25) is 0 Å². The van der Waals surface area contributed by atoms with E-state index in [9.17, 15) is 0 Å². The molecule has 3 aromatic heterocycles. The summed E-state index contributed by atoms with van der Waals surface area (Å²) in [7, 11) is 0. The first kappa shape index (κ1) is 9.74. The third-order valence-corrected chi connectivity index (χ3v) is 3.44. The lowest BCUT2D eigenvalue weighted by molar-refractivity contribution is 1.20. The standard InChI is InChI=1S/C10H7ClN4S/c1-5-2-6-8(11)14-9(15-10(6)16-5)7-3-12-4-13-7/h2-4H,1H3,(H,12,13). The van der Waals surface area contributed by atoms with Crippen LogP contribution in [0.15, 0.2) is 18.6 Å². The topological polar surface area (TPSA) is 54.5 Å². The second-order valence-electron chi connectivity index (χ2n) is 3.38. The van der Waals surface area contributed by atoms with Crippen molar-refractivity contribution in [2.45, 2.75) is 6.92 Å². The maximum atomic E-state index is 6.11. The Hall–Kier alpha value is -1.46. The molecule has 6 heteroatoms. The molecule has 3 heterocycles. The van der Waals surface area contributed by atoms with E-state index in [4.69, 9.17) is 11.6 Å². The number of aryl methyl sites for hydroxylation is 1. The lowest BCUT2D eigenvalue weighted by Gasteiger charge is -1.97. The molecule has 1 N–H and O–H groups in total. The van der Waals surface area contributed by atoms with Crippen molar-refractivity contribution < 1.29 is 0 Å². The van der Waals surface area contributed by atoms with Crippen LogP contribution in [0.5, 0.6) is 0 Å². The number of nitrogens with one attached hydrogen (secondary N) is 1. The van der Waals surface area contributed by atoms with E-state index < -0.39 is 0 Å². The molecule has 0 aliphatic carbocycles. The van der Waals surface area contributed by atoms with Gasteiger partial charge < -0.3 is 4.98 Å². The van der Waals surface area contributed by atoms with Gasteiger partial charge >= 0.3 is 0 Å². The van der Waals surface area contributed by atoms with Crippen LogP contribution in [0.4, 0.5) is 0 Å². The summed E-state index contributed by atoms with van der Waals surface area (Å²) >= 11 is 7.72. The number of halogens is 1. The van der Waals surface area contributed by atoms with Crippen LogP contribution in [0.3, 0.4) is 0 Å². The van der Waals surface area contributed by atoms with E-state index in [-0.39, 0.29) is 0 Å². The number of imidazole rings is 1. The minimum absolute atomic E-state index is 0.485. The Morgan fingerprint density at radius 1 is 1.38 bits per heavy atom. The highest BCUT2D eigenvalue weighted by atomic mass is 35.5. The largest absolute Gasteiger partial charge is 0.342 e. The van der Waals surface area contributed by atoms with E-state index in [1.165, 1.54) is 4.88 Å². The maximum absolute atomic E-state index is 6.11. The smallest absolute Gasteiger partial charge is 0.180 e. The molecule has 4 nitrogen and oxygen atoms in total. The fraction of sp³-hybridized carbons (Fsp3) is 0.100. The lowest BCUT2D eigenvalue weighted by atomic mass is 10.3. The van der Waals surface area contributed by atoms with Crippen LogP contribution in [-0.2, 0) is 0 Å². The number of aromatic amines is 1. The first-order valence-electron chi connectivity index (χ1n) is 4.66. The summed E-state index contributed by atoms with van der Waals surface area (Å²) in [6.07, 6.45) is 3.27. The van der Waals surface area contributed by atoms with Crippen LogP contribution < -0.4 is 0 Å². The number of H-pyrrole nitrogens is 1. The van der Waals surface area contributed by atoms with E-state index in [2.05, 4.69) is 19.9 Å². The van der Waals surface area contributed by atoms with Gasteiger partial charge in [0.2, 0.25) is 0 Å². The van der Waals surface area contributed by atoms with Crippen LogP contribution in [0.1, 0.15) is 4.88 Å². The van der Waals surface area contributed by atoms with Gasteiger partial charge in [0, 0.05) is 10.3 Å². The molecule has 80 valence electrons. The van der Waals surface area contributed by atoms with Crippen molar-refractivity contribution in [3.05, 3.63) is 28.6 Å². The van der Waals surface area contributed by atoms with Gasteiger partial charge in [-0.2, -0.15) is 0 Å². The molecule has 0 spiro atoms. The zero-order valence-corrected chi connectivity index (χ0v) is 9.93. The summed E-state index contributed by atoms with van der Waals surface area (Å²) in [6.45, 7) is 2.03. The molecule has 0 amide bonds. The van der Waals surface area contributed by atoms with Crippen LogP contribution >= 0.6 is 22.9 Å². The molecule has 16 heavy (non-hydrogen) atoms. The van der Waals surface area contributed by atoms with Crippen molar-refractivity contribution in [3.63, 3.8) is 0 Å². The number of nitrogens with zero attached hydrogens (tertiary/aromatic N) is 3. The summed E-state index contributed by atoms with van der Waals surface area (Å²) in [5.74, 6) is 0.580. The number of hydrogen-bond donors (Lipinski definition) is 1. The van der Waals surface area contributed by atoms with E-state index in [0.29, 0.717) is 11.0 Å². The number of fused-ring (bicyclic) bond motifs is 1. The van der Waals surface area contributed by atoms with Crippen molar-refractivity contribution in [2.75, 3.05) is 0 Å². The molecule has 0 atom stereocenters. The Kier molecular flexibility index (Phi) is 2.15. The van der Waals surface area contributed by atoms with Crippen molar-refractivity contribution in [1.29, 1.82) is 0 Å². The van der Waals surface area contributed by atoms with Gasteiger partial charge in [-0.1, -0.05) is 11.6 Å². The fourth-order valence-corrected chi connectivity index (χ4v) is 2.67. The molecule has 0 bridgehead atoms. The highest BCUT2D eigenvalue weighted by molar-refractivity contribution is 7.18. The van der Waals surface area contributed by atoms with Crippen molar-refractivity contribution in [1.82, 2.24) is 19.9 Å². The molecular weight excluding hydrogens is 244 g/mol. The highest BCUT2D eigenvalue weighted by Crippen LogP contribution is 2.29. The SMILES string of the molecule is Cc1cc2c(Cl)nc(-c3cnc[nH]3)nc2s1. The quantitative estimate of drug-likeness (QED) is 0.676. The molecule has 0 aliphatic heterocycles. The minimum atomic E-state index is 0.485. The normalized spacial score (nSPS) is 11.1. The van der Waals surface area contributed by atoms with E-state index in [1.54, 1.807) is 23.9 Å². The first-order valence-corrected chi connectivity index (χ1v) is 5.86. The molecule has 0 radical (unpaired) electrons. The third-order valence-electron chi connectivity index (χ3n) is 2.21. The van der Waals surface area contributed by atoms with Gasteiger partial charge in [0.15, 0.2) is 5.82 Å². The zero-order valence-electron chi connectivity index (χ0n) is 8.36. The van der Waals surface area contributed by atoms with Crippen molar-refractivity contribution in [2.24, 2.45) is 0 Å². The number of aromatic nitrogens is 4. The molecular formula is C10H7ClN4S. The van der Waals surface area contributed by atoms with Gasteiger partial charge in [-0.25, -0.2) is 15.0 Å². The molecule has 0 saturated carbocycles. The summed E-state index contributed by atoms with van der Waals surface area (Å²) in [6, 6.07) is 2.00. The summed E-state index contributed by atoms with van der Waals surface area (Å²) in [4.78, 5) is 17.7. The van der Waals surface area contributed by atoms with Gasteiger partial charge in [-0.15, -0.1) is 11.3 Å². The molecule has 3 aromatic rings. The minimum Gasteiger partial charge on any atom is -0.342 e. The predicted octanol–water partition coefficient (Wildman–Crippen LogP) is 3.04. The molecule has 0 fully saturated rings. The van der Waals surface area contributed by atoms with E-state index in [0.717, 1.165) is 15.9 Å². The Morgan fingerprint density at radius 2 is 2.25 bits per heavy atom. The average molecular weight is 251 g/mol. The molecule has 0 saturated heterocycles. The van der Waals surface area contributed by atoms with Crippen molar-refractivity contribution in [3.8, 4) is 11.5 Å². The van der Waals surface area contributed by atoms with E-state index in [1.807, 2.05) is 13.0 Å².